The van der Waals surface area contributed by atoms with Crippen molar-refractivity contribution in [1.82, 2.24) is 9.97 Å². The van der Waals surface area contributed by atoms with Gasteiger partial charge in [-0.1, -0.05) is 11.8 Å². The van der Waals surface area contributed by atoms with E-state index < -0.39 is 19.7 Å². The molecule has 0 aliphatic carbocycles. The molecule has 1 aromatic rings. The summed E-state index contributed by atoms with van der Waals surface area (Å²) in [6.45, 7) is 0. The topological polar surface area (TPSA) is 112 Å². The van der Waals surface area contributed by atoms with Gasteiger partial charge in [0, 0.05) is 16.4 Å². The summed E-state index contributed by atoms with van der Waals surface area (Å²) in [6, 6.07) is 0. The van der Waals surface area contributed by atoms with Crippen LogP contribution in [0, 0.1) is 10.1 Å². The molecule has 1 rings (SSSR count). The highest BCUT2D eigenvalue weighted by atomic mass is 35.7. The fraction of sp³-hybridized carbons (Fsp3) is 0.429. The van der Waals surface area contributed by atoms with E-state index in [-0.39, 0.29) is 22.4 Å². The first-order chi connectivity index (χ1) is 8.35. The number of aromatic nitrogens is 2. The molecule has 1 aromatic heterocycles. The second kappa shape index (κ2) is 6.16. The van der Waals surface area contributed by atoms with Crippen molar-refractivity contribution in [2.75, 3.05) is 18.6 Å². The summed E-state index contributed by atoms with van der Waals surface area (Å²) in [7, 11) is 2.63. The molecule has 1 heterocycles. The molecule has 0 N–H and O–H groups in total. The lowest BCUT2D eigenvalue weighted by Crippen LogP contribution is -2.03. The number of hydrogen-bond donors (Lipinski definition) is 0. The molecule has 8 nitrogen and oxygen atoms in total. The first-order valence-corrected chi connectivity index (χ1v) is 7.90. The lowest BCUT2D eigenvalue weighted by molar-refractivity contribution is -0.389. The van der Waals surface area contributed by atoms with Crippen LogP contribution >= 0.6 is 22.4 Å². The Hall–Kier alpha value is -1.13. The molecular formula is C7H8ClN3O5S2. The normalized spacial score (nSPS) is 11.2. The zero-order valence-electron chi connectivity index (χ0n) is 9.07. The van der Waals surface area contributed by atoms with E-state index in [0.29, 0.717) is 0 Å². The van der Waals surface area contributed by atoms with Crippen molar-refractivity contribution in [3.63, 3.8) is 0 Å². The molecule has 11 heteroatoms. The molecule has 0 amide bonds. The van der Waals surface area contributed by atoms with E-state index in [1.54, 1.807) is 0 Å². The number of thioether (sulfide) groups is 1. The van der Waals surface area contributed by atoms with Crippen molar-refractivity contribution in [1.29, 1.82) is 0 Å². The second-order valence-electron chi connectivity index (χ2n) is 2.89. The van der Waals surface area contributed by atoms with Crippen molar-refractivity contribution >= 4 is 37.2 Å². The SMILES string of the molecule is COc1ncnc(SCCS(=O)(=O)Cl)c1[N+](=O)[O-]. The van der Waals surface area contributed by atoms with Crippen molar-refractivity contribution in [3.8, 4) is 5.88 Å². The molecule has 0 saturated carbocycles. The molecule has 18 heavy (non-hydrogen) atoms. The summed E-state index contributed by atoms with van der Waals surface area (Å²) < 4.78 is 26.2. The van der Waals surface area contributed by atoms with Gasteiger partial charge >= 0.3 is 5.69 Å². The van der Waals surface area contributed by atoms with E-state index in [2.05, 4.69) is 9.97 Å². The monoisotopic (exact) mass is 313 g/mol. The molecule has 0 atom stereocenters. The van der Waals surface area contributed by atoms with Crippen LogP contribution in [0.2, 0.25) is 0 Å². The Labute approximate surface area is 111 Å². The Kier molecular flexibility index (Phi) is 5.11. The van der Waals surface area contributed by atoms with Crippen LogP contribution in [0.1, 0.15) is 0 Å². The Bertz CT molecular complexity index is 550. The van der Waals surface area contributed by atoms with E-state index in [9.17, 15) is 18.5 Å². The van der Waals surface area contributed by atoms with Gasteiger partial charge in [-0.05, 0) is 0 Å². The summed E-state index contributed by atoms with van der Waals surface area (Å²) in [5, 5.41) is 10.9. The van der Waals surface area contributed by atoms with Gasteiger partial charge in [0.2, 0.25) is 9.05 Å². The number of methoxy groups -OCH3 is 1. The van der Waals surface area contributed by atoms with E-state index in [1.807, 2.05) is 0 Å². The highest BCUT2D eigenvalue weighted by Gasteiger charge is 2.24. The third-order valence-electron chi connectivity index (χ3n) is 1.70. The summed E-state index contributed by atoms with van der Waals surface area (Å²) in [6.07, 6.45) is 1.10. The van der Waals surface area contributed by atoms with Crippen LogP contribution in [-0.4, -0.2) is 41.9 Å². The van der Waals surface area contributed by atoms with Gasteiger partial charge in [-0.2, -0.15) is 4.98 Å². The molecule has 0 unspecified atom stereocenters. The highest BCUT2D eigenvalue weighted by Crippen LogP contribution is 2.33. The van der Waals surface area contributed by atoms with Crippen molar-refractivity contribution in [3.05, 3.63) is 16.4 Å². The van der Waals surface area contributed by atoms with Crippen LogP contribution in [0.25, 0.3) is 0 Å². The summed E-state index contributed by atoms with van der Waals surface area (Å²) in [4.78, 5) is 17.5. The zero-order valence-corrected chi connectivity index (χ0v) is 11.5. The van der Waals surface area contributed by atoms with Gasteiger partial charge in [0.1, 0.15) is 6.33 Å². The van der Waals surface area contributed by atoms with E-state index in [0.717, 1.165) is 18.1 Å². The van der Waals surface area contributed by atoms with Gasteiger partial charge < -0.3 is 4.74 Å². The number of rotatable bonds is 6. The van der Waals surface area contributed by atoms with Gasteiger partial charge in [-0.3, -0.25) is 10.1 Å². The fourth-order valence-electron chi connectivity index (χ4n) is 0.997. The molecular weight excluding hydrogens is 306 g/mol. The summed E-state index contributed by atoms with van der Waals surface area (Å²) in [5.41, 5.74) is -0.392. The molecule has 0 bridgehead atoms. The first kappa shape index (κ1) is 14.9. The second-order valence-corrected chi connectivity index (χ2v) is 6.87. The molecule has 0 radical (unpaired) electrons. The average molecular weight is 314 g/mol. The molecule has 0 aliphatic heterocycles. The maximum atomic E-state index is 10.8. The standard InChI is InChI=1S/C7H8ClN3O5S2/c1-16-6-5(11(12)13)7(10-4-9-6)17-2-3-18(8,14)15/h4H,2-3H2,1H3. The minimum Gasteiger partial charge on any atom is -0.476 e. The van der Waals surface area contributed by atoms with Crippen LogP contribution in [0.3, 0.4) is 0 Å². The van der Waals surface area contributed by atoms with Crippen LogP contribution in [0.4, 0.5) is 5.69 Å². The summed E-state index contributed by atoms with van der Waals surface area (Å²) in [5.74, 6) is -0.443. The van der Waals surface area contributed by atoms with Gasteiger partial charge in [0.25, 0.3) is 5.88 Å². The highest BCUT2D eigenvalue weighted by molar-refractivity contribution is 8.14. The molecule has 0 saturated heterocycles. The minimum atomic E-state index is -3.64. The number of nitrogens with zero attached hydrogens (tertiary/aromatic N) is 3. The molecule has 0 fully saturated rings. The third kappa shape index (κ3) is 4.27. The predicted octanol–water partition coefficient (Wildman–Crippen LogP) is 1.05. The lowest BCUT2D eigenvalue weighted by atomic mass is 10.5. The zero-order chi connectivity index (χ0) is 13.8. The number of hydrogen-bond acceptors (Lipinski definition) is 8. The molecule has 100 valence electrons. The molecule has 0 aliphatic rings. The Morgan fingerprint density at radius 3 is 2.72 bits per heavy atom. The average Bonchev–Trinajstić information content (AvgIpc) is 2.26. The Morgan fingerprint density at radius 2 is 2.22 bits per heavy atom. The van der Waals surface area contributed by atoms with Crippen molar-refractivity contribution in [2.24, 2.45) is 0 Å². The quantitative estimate of drug-likeness (QED) is 0.252. The van der Waals surface area contributed by atoms with E-state index in [4.69, 9.17) is 15.4 Å². The smallest absolute Gasteiger partial charge is 0.362 e. The number of ether oxygens (including phenoxy) is 1. The van der Waals surface area contributed by atoms with Crippen LogP contribution in [-0.2, 0) is 9.05 Å². The van der Waals surface area contributed by atoms with Crippen molar-refractivity contribution in [2.45, 2.75) is 5.03 Å². The van der Waals surface area contributed by atoms with Gasteiger partial charge in [0.15, 0.2) is 5.03 Å². The van der Waals surface area contributed by atoms with E-state index in [1.165, 1.54) is 7.11 Å². The number of nitro groups is 1. The minimum absolute atomic E-state index is 0.0344. The maximum absolute atomic E-state index is 10.8. The van der Waals surface area contributed by atoms with Gasteiger partial charge in [0.05, 0.1) is 17.8 Å². The molecule has 0 aromatic carbocycles. The van der Waals surface area contributed by atoms with Gasteiger partial charge in [-0.25, -0.2) is 13.4 Å². The Balaban J connectivity index is 2.92. The fourth-order valence-corrected chi connectivity index (χ4v) is 3.31. The first-order valence-electron chi connectivity index (χ1n) is 4.43. The predicted molar refractivity (Wildman–Crippen MR) is 65.6 cm³/mol. The van der Waals surface area contributed by atoms with E-state index >= 15 is 0 Å². The Morgan fingerprint density at radius 1 is 1.56 bits per heavy atom. The number of halogens is 1. The molecule has 0 spiro atoms. The maximum Gasteiger partial charge on any atom is 0.362 e. The third-order valence-corrected chi connectivity index (χ3v) is 4.09. The lowest BCUT2D eigenvalue weighted by Gasteiger charge is -2.03. The van der Waals surface area contributed by atoms with Crippen LogP contribution < -0.4 is 4.74 Å². The van der Waals surface area contributed by atoms with Crippen LogP contribution in [0.5, 0.6) is 5.88 Å². The van der Waals surface area contributed by atoms with Crippen molar-refractivity contribution < 1.29 is 18.1 Å². The summed E-state index contributed by atoms with van der Waals surface area (Å²) >= 11 is 0.895. The van der Waals surface area contributed by atoms with Crippen LogP contribution in [0.15, 0.2) is 11.4 Å². The van der Waals surface area contributed by atoms with Gasteiger partial charge in [-0.15, -0.1) is 0 Å². The largest absolute Gasteiger partial charge is 0.476 e.